The predicted molar refractivity (Wildman–Crippen MR) is 125 cm³/mol. The third-order valence-electron chi connectivity index (χ3n) is 6.06. The van der Waals surface area contributed by atoms with Crippen LogP contribution in [0.1, 0.15) is 62.4 Å². The molecule has 0 atom stereocenters. The van der Waals surface area contributed by atoms with Crippen LogP contribution in [0.4, 0.5) is 0 Å². The van der Waals surface area contributed by atoms with Gasteiger partial charge in [0.25, 0.3) is 5.91 Å². The zero-order chi connectivity index (χ0) is 22.5. The van der Waals surface area contributed by atoms with E-state index in [0.29, 0.717) is 24.3 Å². The quantitative estimate of drug-likeness (QED) is 0.549. The van der Waals surface area contributed by atoms with E-state index in [2.05, 4.69) is 15.7 Å². The minimum absolute atomic E-state index is 0.106. The molecule has 0 aliphatic heterocycles. The second-order valence-electron chi connectivity index (χ2n) is 8.72. The van der Waals surface area contributed by atoms with Crippen LogP contribution in [-0.2, 0) is 4.79 Å². The van der Waals surface area contributed by atoms with Gasteiger partial charge in [-0.15, -0.1) is 0 Å². The van der Waals surface area contributed by atoms with Crippen molar-refractivity contribution in [3.8, 4) is 11.3 Å². The Morgan fingerprint density at radius 3 is 2.50 bits per heavy atom. The predicted octanol–water partition coefficient (Wildman–Crippen LogP) is 4.11. The van der Waals surface area contributed by atoms with Crippen LogP contribution in [0.15, 0.2) is 42.6 Å². The molecule has 32 heavy (non-hydrogen) atoms. The highest BCUT2D eigenvalue weighted by Crippen LogP contribution is 2.26. The van der Waals surface area contributed by atoms with Gasteiger partial charge in [-0.2, -0.15) is 5.10 Å². The number of nitrogens with one attached hydrogen (secondary N) is 2. The van der Waals surface area contributed by atoms with Gasteiger partial charge in [-0.1, -0.05) is 49.6 Å². The molecule has 0 spiro atoms. The molecule has 1 aromatic carbocycles. The summed E-state index contributed by atoms with van der Waals surface area (Å²) in [5, 5.41) is 11.1. The van der Waals surface area contributed by atoms with E-state index in [-0.39, 0.29) is 23.8 Å². The summed E-state index contributed by atoms with van der Waals surface area (Å²) in [6.45, 7) is 4.88. The van der Waals surface area contributed by atoms with E-state index < -0.39 is 0 Å². The minimum Gasteiger partial charge on any atom is -0.354 e. The van der Waals surface area contributed by atoms with Crippen LogP contribution in [0.2, 0.25) is 0 Å². The Kier molecular flexibility index (Phi) is 6.83. The van der Waals surface area contributed by atoms with E-state index in [0.717, 1.165) is 42.3 Å². The summed E-state index contributed by atoms with van der Waals surface area (Å²) in [6.07, 6.45) is 7.11. The zero-order valence-electron chi connectivity index (χ0n) is 18.8. The maximum Gasteiger partial charge on any atom is 0.252 e. The molecule has 2 N–H and O–H groups in total. The molecule has 1 aliphatic carbocycles. The van der Waals surface area contributed by atoms with E-state index in [1.165, 1.54) is 6.42 Å². The number of amides is 2. The standard InChI is InChI=1S/C25H31N5O2/c1-17(2)30-23-21(16-28-30)20(15-22(29-23)18-9-5-3-6-10-18)25(32)27-14-13-26-24(31)19-11-7-4-8-12-19/h3,5-6,9-10,15-17,19H,4,7-8,11-14H2,1-2H3,(H,26,31)(H,27,32). The van der Waals surface area contributed by atoms with Crippen molar-refractivity contribution in [2.24, 2.45) is 5.92 Å². The van der Waals surface area contributed by atoms with E-state index in [9.17, 15) is 9.59 Å². The van der Waals surface area contributed by atoms with Crippen LogP contribution in [0.25, 0.3) is 22.3 Å². The van der Waals surface area contributed by atoms with Crippen LogP contribution in [0, 0.1) is 5.92 Å². The SMILES string of the molecule is CC(C)n1ncc2c(C(=O)NCCNC(=O)C3CCCCC3)cc(-c3ccccc3)nc21. The number of pyridine rings is 1. The Balaban J connectivity index is 1.49. The van der Waals surface area contributed by atoms with Gasteiger partial charge in [0, 0.05) is 30.6 Å². The minimum atomic E-state index is -0.190. The maximum absolute atomic E-state index is 13.1. The molecular formula is C25H31N5O2. The fourth-order valence-corrected chi connectivity index (χ4v) is 4.31. The lowest BCUT2D eigenvalue weighted by molar-refractivity contribution is -0.125. The molecule has 0 saturated heterocycles. The Bertz CT molecular complexity index is 1080. The number of hydrogen-bond acceptors (Lipinski definition) is 4. The summed E-state index contributed by atoms with van der Waals surface area (Å²) in [7, 11) is 0. The Morgan fingerprint density at radius 1 is 1.06 bits per heavy atom. The summed E-state index contributed by atoms with van der Waals surface area (Å²) < 4.78 is 1.84. The van der Waals surface area contributed by atoms with Crippen molar-refractivity contribution in [2.75, 3.05) is 13.1 Å². The van der Waals surface area contributed by atoms with Crippen LogP contribution >= 0.6 is 0 Å². The molecule has 1 saturated carbocycles. The average molecular weight is 434 g/mol. The van der Waals surface area contributed by atoms with Crippen molar-refractivity contribution < 1.29 is 9.59 Å². The largest absolute Gasteiger partial charge is 0.354 e. The van der Waals surface area contributed by atoms with E-state index in [1.54, 1.807) is 6.20 Å². The van der Waals surface area contributed by atoms with E-state index >= 15 is 0 Å². The monoisotopic (exact) mass is 433 g/mol. The third-order valence-corrected chi connectivity index (χ3v) is 6.06. The number of rotatable bonds is 7. The number of nitrogens with zero attached hydrogens (tertiary/aromatic N) is 3. The molecule has 0 bridgehead atoms. The summed E-state index contributed by atoms with van der Waals surface area (Å²) in [5.74, 6) is 0.0363. The van der Waals surface area contributed by atoms with Crippen LogP contribution < -0.4 is 10.6 Å². The number of hydrogen-bond donors (Lipinski definition) is 2. The Labute approximate surface area is 188 Å². The highest BCUT2D eigenvalue weighted by molar-refractivity contribution is 6.06. The smallest absolute Gasteiger partial charge is 0.252 e. The number of carbonyl (C=O) groups excluding carboxylic acids is 2. The first-order valence-electron chi connectivity index (χ1n) is 11.5. The van der Waals surface area contributed by atoms with Gasteiger partial charge < -0.3 is 10.6 Å². The molecule has 7 nitrogen and oxygen atoms in total. The second kappa shape index (κ2) is 9.94. The topological polar surface area (TPSA) is 88.9 Å². The fourth-order valence-electron chi connectivity index (χ4n) is 4.31. The van der Waals surface area contributed by atoms with Crippen molar-refractivity contribution in [1.82, 2.24) is 25.4 Å². The molecule has 2 amide bonds. The van der Waals surface area contributed by atoms with Gasteiger partial charge in [0.05, 0.1) is 22.8 Å². The van der Waals surface area contributed by atoms with Crippen LogP contribution in [0.3, 0.4) is 0 Å². The zero-order valence-corrected chi connectivity index (χ0v) is 18.8. The lowest BCUT2D eigenvalue weighted by Crippen LogP contribution is -2.38. The molecule has 0 unspecified atom stereocenters. The van der Waals surface area contributed by atoms with E-state index in [1.807, 2.05) is 54.9 Å². The van der Waals surface area contributed by atoms with Gasteiger partial charge in [-0.3, -0.25) is 9.59 Å². The van der Waals surface area contributed by atoms with Crippen LogP contribution in [0.5, 0.6) is 0 Å². The highest BCUT2D eigenvalue weighted by Gasteiger charge is 2.21. The lowest BCUT2D eigenvalue weighted by atomic mass is 9.89. The molecule has 168 valence electrons. The Morgan fingerprint density at radius 2 is 1.78 bits per heavy atom. The molecule has 2 aromatic heterocycles. The first-order valence-corrected chi connectivity index (χ1v) is 11.5. The van der Waals surface area contributed by atoms with Gasteiger partial charge in [-0.25, -0.2) is 9.67 Å². The Hall–Kier alpha value is -3.22. The highest BCUT2D eigenvalue weighted by atomic mass is 16.2. The normalized spacial score (nSPS) is 14.6. The van der Waals surface area contributed by atoms with Crippen molar-refractivity contribution in [1.29, 1.82) is 0 Å². The van der Waals surface area contributed by atoms with Crippen molar-refractivity contribution in [3.63, 3.8) is 0 Å². The van der Waals surface area contributed by atoms with Gasteiger partial charge in [0.1, 0.15) is 0 Å². The molecule has 7 heteroatoms. The molecule has 4 rings (SSSR count). The number of benzene rings is 1. The number of fused-ring (bicyclic) bond motifs is 1. The summed E-state index contributed by atoms with van der Waals surface area (Å²) in [4.78, 5) is 30.2. The van der Waals surface area contributed by atoms with Crippen molar-refractivity contribution >= 4 is 22.8 Å². The maximum atomic E-state index is 13.1. The van der Waals surface area contributed by atoms with Gasteiger partial charge in [0.15, 0.2) is 5.65 Å². The van der Waals surface area contributed by atoms with Crippen LogP contribution in [-0.4, -0.2) is 39.7 Å². The molecule has 2 heterocycles. The average Bonchev–Trinajstić information content (AvgIpc) is 3.26. The van der Waals surface area contributed by atoms with Gasteiger partial charge in [0.2, 0.25) is 5.91 Å². The second-order valence-corrected chi connectivity index (χ2v) is 8.72. The van der Waals surface area contributed by atoms with Crippen molar-refractivity contribution in [2.45, 2.75) is 52.0 Å². The molecule has 3 aromatic rings. The van der Waals surface area contributed by atoms with Gasteiger partial charge in [-0.05, 0) is 32.8 Å². The number of aromatic nitrogens is 3. The molecule has 0 radical (unpaired) electrons. The number of carbonyl (C=O) groups is 2. The third kappa shape index (κ3) is 4.82. The van der Waals surface area contributed by atoms with Crippen molar-refractivity contribution in [3.05, 3.63) is 48.2 Å². The fraction of sp³-hybridized carbons (Fsp3) is 0.440. The van der Waals surface area contributed by atoms with Gasteiger partial charge >= 0.3 is 0 Å². The lowest BCUT2D eigenvalue weighted by Gasteiger charge is -2.20. The molecular weight excluding hydrogens is 402 g/mol. The molecule has 1 fully saturated rings. The first-order chi connectivity index (χ1) is 15.5. The van der Waals surface area contributed by atoms with E-state index in [4.69, 9.17) is 4.98 Å². The first kappa shape index (κ1) is 22.0. The summed E-state index contributed by atoms with van der Waals surface area (Å²) in [6, 6.07) is 11.8. The summed E-state index contributed by atoms with van der Waals surface area (Å²) in [5.41, 5.74) is 2.91. The summed E-state index contributed by atoms with van der Waals surface area (Å²) >= 11 is 0. The molecule has 1 aliphatic rings.